The van der Waals surface area contributed by atoms with Crippen molar-refractivity contribution >= 4 is 12.0 Å². The number of rotatable bonds is 5. The lowest BCUT2D eigenvalue weighted by Crippen LogP contribution is -2.30. The van der Waals surface area contributed by atoms with Crippen LogP contribution in [0.15, 0.2) is 58.7 Å². The summed E-state index contributed by atoms with van der Waals surface area (Å²) in [6.45, 7) is 10.6. The van der Waals surface area contributed by atoms with E-state index < -0.39 is 12.0 Å². The fourth-order valence-electron chi connectivity index (χ4n) is 3.07. The van der Waals surface area contributed by atoms with Crippen molar-refractivity contribution in [3.8, 4) is 0 Å². The van der Waals surface area contributed by atoms with Crippen molar-refractivity contribution in [2.75, 3.05) is 7.05 Å². The molecule has 0 aromatic heterocycles. The van der Waals surface area contributed by atoms with Gasteiger partial charge in [-0.05, 0) is 56.6 Å². The van der Waals surface area contributed by atoms with Crippen molar-refractivity contribution in [3.05, 3.63) is 58.7 Å². The van der Waals surface area contributed by atoms with Crippen LogP contribution in [0.5, 0.6) is 0 Å². The minimum absolute atomic E-state index is 0.227. The molecule has 142 valence electrons. The number of imide groups is 1. The van der Waals surface area contributed by atoms with Gasteiger partial charge in [0, 0.05) is 13.1 Å². The summed E-state index contributed by atoms with van der Waals surface area (Å²) in [5.41, 5.74) is 4.94. The molecular formula is C22H31NO3. The molecule has 0 bridgehead atoms. The van der Waals surface area contributed by atoms with Crippen molar-refractivity contribution in [1.29, 1.82) is 0 Å². The standard InChI is InChI=1S/C22H31NO3/c1-16(12-13-19-18(3)11-8-14-22(19,4)5)9-7-10-17(2)15-20(24)23(6)21(25)26/h7,9-10,12-13,15H,8,11,14H2,1-6H3,(H,25,26)/b10-7+,13-12+,16-9+,17-15+. The maximum Gasteiger partial charge on any atom is 0.414 e. The lowest BCUT2D eigenvalue weighted by atomic mass is 9.72. The summed E-state index contributed by atoms with van der Waals surface area (Å²) < 4.78 is 0. The molecule has 0 aliphatic heterocycles. The molecule has 0 spiro atoms. The van der Waals surface area contributed by atoms with E-state index in [2.05, 4.69) is 32.9 Å². The second-order valence-corrected chi connectivity index (χ2v) is 7.60. The van der Waals surface area contributed by atoms with Crippen LogP contribution < -0.4 is 0 Å². The van der Waals surface area contributed by atoms with Gasteiger partial charge in [-0.15, -0.1) is 0 Å². The Kier molecular flexibility index (Phi) is 7.81. The third kappa shape index (κ3) is 6.51. The normalized spacial score (nSPS) is 18.7. The highest BCUT2D eigenvalue weighted by Gasteiger charge is 2.26. The Morgan fingerprint density at radius 1 is 1.15 bits per heavy atom. The first kappa shape index (κ1) is 21.7. The van der Waals surface area contributed by atoms with Gasteiger partial charge >= 0.3 is 6.09 Å². The Morgan fingerprint density at radius 2 is 1.81 bits per heavy atom. The first-order chi connectivity index (χ1) is 12.0. The van der Waals surface area contributed by atoms with Crippen LogP contribution in [-0.4, -0.2) is 29.1 Å². The minimum atomic E-state index is -1.26. The van der Waals surface area contributed by atoms with Crippen molar-refractivity contribution in [1.82, 2.24) is 4.90 Å². The van der Waals surface area contributed by atoms with Gasteiger partial charge in [-0.3, -0.25) is 4.79 Å². The van der Waals surface area contributed by atoms with Crippen LogP contribution in [0.1, 0.15) is 53.9 Å². The van der Waals surface area contributed by atoms with E-state index in [1.54, 1.807) is 13.0 Å². The number of nitrogens with zero attached hydrogens (tertiary/aromatic N) is 1. The number of allylic oxidation sites excluding steroid dienone is 9. The maximum absolute atomic E-state index is 11.7. The zero-order valence-electron chi connectivity index (χ0n) is 16.8. The molecule has 1 aliphatic carbocycles. The molecule has 1 N–H and O–H groups in total. The van der Waals surface area contributed by atoms with E-state index in [0.29, 0.717) is 10.5 Å². The van der Waals surface area contributed by atoms with Gasteiger partial charge in [-0.1, -0.05) is 55.4 Å². The molecule has 0 aromatic carbocycles. The Hall–Kier alpha value is -2.36. The van der Waals surface area contributed by atoms with Gasteiger partial charge < -0.3 is 5.11 Å². The van der Waals surface area contributed by atoms with E-state index >= 15 is 0 Å². The Labute approximate surface area is 157 Å². The van der Waals surface area contributed by atoms with E-state index in [4.69, 9.17) is 5.11 Å². The van der Waals surface area contributed by atoms with Crippen molar-refractivity contribution in [2.24, 2.45) is 5.41 Å². The van der Waals surface area contributed by atoms with Crippen LogP contribution in [0.4, 0.5) is 4.79 Å². The van der Waals surface area contributed by atoms with Crippen LogP contribution in [0.2, 0.25) is 0 Å². The molecule has 4 heteroatoms. The fourth-order valence-corrected chi connectivity index (χ4v) is 3.07. The first-order valence-electron chi connectivity index (χ1n) is 8.97. The van der Waals surface area contributed by atoms with Crippen molar-refractivity contribution in [3.63, 3.8) is 0 Å². The summed E-state index contributed by atoms with van der Waals surface area (Å²) in [5, 5.41) is 8.77. The molecule has 0 fully saturated rings. The topological polar surface area (TPSA) is 57.6 Å². The first-order valence-corrected chi connectivity index (χ1v) is 8.97. The van der Waals surface area contributed by atoms with Crippen LogP contribution in [0, 0.1) is 5.41 Å². The molecule has 26 heavy (non-hydrogen) atoms. The fraction of sp³-hybridized carbons (Fsp3) is 0.455. The predicted molar refractivity (Wildman–Crippen MR) is 107 cm³/mol. The third-order valence-corrected chi connectivity index (χ3v) is 4.74. The summed E-state index contributed by atoms with van der Waals surface area (Å²) in [6.07, 6.45) is 13.7. The van der Waals surface area contributed by atoms with Crippen LogP contribution in [0.25, 0.3) is 0 Å². The zero-order chi connectivity index (χ0) is 19.9. The van der Waals surface area contributed by atoms with E-state index in [9.17, 15) is 9.59 Å². The van der Waals surface area contributed by atoms with Crippen LogP contribution in [0.3, 0.4) is 0 Å². The van der Waals surface area contributed by atoms with E-state index in [0.717, 1.165) is 5.57 Å². The lowest BCUT2D eigenvalue weighted by Gasteiger charge is -2.32. The molecule has 0 heterocycles. The largest absolute Gasteiger partial charge is 0.465 e. The lowest BCUT2D eigenvalue weighted by molar-refractivity contribution is -0.123. The average molecular weight is 357 g/mol. The molecule has 2 amide bonds. The highest BCUT2D eigenvalue weighted by molar-refractivity contribution is 5.98. The van der Waals surface area contributed by atoms with Crippen molar-refractivity contribution in [2.45, 2.75) is 53.9 Å². The molecule has 0 saturated heterocycles. The summed E-state index contributed by atoms with van der Waals surface area (Å²) in [4.78, 5) is 23.1. The van der Waals surface area contributed by atoms with Crippen LogP contribution >= 0.6 is 0 Å². The highest BCUT2D eigenvalue weighted by Crippen LogP contribution is 2.40. The minimum Gasteiger partial charge on any atom is -0.465 e. The number of carboxylic acid groups (broad SMARTS) is 1. The Bertz CT molecular complexity index is 703. The smallest absolute Gasteiger partial charge is 0.414 e. The monoisotopic (exact) mass is 357 g/mol. The molecule has 0 atom stereocenters. The van der Waals surface area contributed by atoms with Gasteiger partial charge in [-0.2, -0.15) is 0 Å². The molecule has 0 radical (unpaired) electrons. The highest BCUT2D eigenvalue weighted by atomic mass is 16.4. The SMILES string of the molecule is CC1=C(/C=C/C(C)=C/C=C/C(C)=C/C(=O)N(C)C(=O)O)C(C)(C)CCC1. The van der Waals surface area contributed by atoms with Gasteiger partial charge in [0.1, 0.15) is 0 Å². The second-order valence-electron chi connectivity index (χ2n) is 7.60. The number of hydrogen-bond acceptors (Lipinski definition) is 2. The summed E-state index contributed by atoms with van der Waals surface area (Å²) in [6, 6.07) is 0. The maximum atomic E-state index is 11.7. The predicted octanol–water partition coefficient (Wildman–Crippen LogP) is 5.65. The molecular weight excluding hydrogens is 326 g/mol. The Balaban J connectivity index is 2.78. The van der Waals surface area contributed by atoms with Crippen LogP contribution in [-0.2, 0) is 4.79 Å². The Morgan fingerprint density at radius 3 is 2.38 bits per heavy atom. The van der Waals surface area contributed by atoms with E-state index in [-0.39, 0.29) is 5.41 Å². The quantitative estimate of drug-likeness (QED) is 0.510. The third-order valence-electron chi connectivity index (χ3n) is 4.74. The molecule has 0 aromatic rings. The van der Waals surface area contributed by atoms with E-state index in [1.807, 2.05) is 19.1 Å². The molecule has 4 nitrogen and oxygen atoms in total. The number of carbonyl (C=O) groups excluding carboxylic acids is 1. The number of hydrogen-bond donors (Lipinski definition) is 1. The van der Waals surface area contributed by atoms with Gasteiger partial charge in [0.2, 0.25) is 0 Å². The summed E-state index contributed by atoms with van der Waals surface area (Å²) >= 11 is 0. The van der Waals surface area contributed by atoms with Gasteiger partial charge in [0.25, 0.3) is 5.91 Å². The molecule has 0 saturated carbocycles. The van der Waals surface area contributed by atoms with Gasteiger partial charge in [-0.25, -0.2) is 9.69 Å². The molecule has 1 aliphatic rings. The number of carbonyl (C=O) groups is 2. The molecule has 1 rings (SSSR count). The second kappa shape index (κ2) is 9.37. The van der Waals surface area contributed by atoms with Gasteiger partial charge in [0.05, 0.1) is 0 Å². The average Bonchev–Trinajstić information content (AvgIpc) is 2.52. The van der Waals surface area contributed by atoms with Gasteiger partial charge in [0.15, 0.2) is 0 Å². The van der Waals surface area contributed by atoms with E-state index in [1.165, 1.54) is 43.5 Å². The summed E-state index contributed by atoms with van der Waals surface area (Å²) in [7, 11) is 1.23. The number of amides is 2. The molecule has 0 unspecified atom stereocenters. The summed E-state index contributed by atoms with van der Waals surface area (Å²) in [5.74, 6) is -0.554. The zero-order valence-corrected chi connectivity index (χ0v) is 16.8. The number of likely N-dealkylation sites (N-methyl/N-ethyl adjacent to an activating group) is 1. The van der Waals surface area contributed by atoms with Crippen molar-refractivity contribution < 1.29 is 14.7 Å².